The Balaban J connectivity index is 1.77. The summed E-state index contributed by atoms with van der Waals surface area (Å²) >= 11 is 3.52. The van der Waals surface area contributed by atoms with Crippen LogP contribution in [0.15, 0.2) is 88.4 Å². The first-order valence-corrected chi connectivity index (χ1v) is 9.36. The van der Waals surface area contributed by atoms with Crippen molar-refractivity contribution in [2.24, 2.45) is 5.10 Å². The second-order valence-corrected chi connectivity index (χ2v) is 7.11. The fourth-order valence-corrected chi connectivity index (χ4v) is 3.58. The van der Waals surface area contributed by atoms with E-state index in [0.717, 1.165) is 33.6 Å². The van der Waals surface area contributed by atoms with Crippen LogP contribution >= 0.6 is 15.9 Å². The summed E-state index contributed by atoms with van der Waals surface area (Å²) in [4.78, 5) is 0. The molecule has 1 heterocycles. The number of ether oxygens (including phenoxy) is 1. The van der Waals surface area contributed by atoms with Gasteiger partial charge in [0.1, 0.15) is 5.75 Å². The van der Waals surface area contributed by atoms with Gasteiger partial charge in [0.05, 0.1) is 24.6 Å². The van der Waals surface area contributed by atoms with Crippen molar-refractivity contribution in [3.05, 3.63) is 94.5 Å². The fraction of sp³-hybridized carbons (Fsp3) is 0.136. The Bertz CT molecular complexity index is 922. The first-order chi connectivity index (χ1) is 12.8. The van der Waals surface area contributed by atoms with Crippen molar-refractivity contribution in [3.8, 4) is 5.75 Å². The zero-order valence-electron chi connectivity index (χ0n) is 14.5. The molecule has 3 aromatic carbocycles. The standard InChI is InChI=1S/C22H19BrN2O/c1-26-22-10-6-5-9-19(22)20-15-21(16-11-13-17(23)14-12-16)25(24-20)18-7-3-2-4-8-18/h2-14,21H,15H2,1H3. The molecule has 4 heteroatoms. The molecule has 3 aromatic rings. The predicted molar refractivity (Wildman–Crippen MR) is 110 cm³/mol. The van der Waals surface area contributed by atoms with Gasteiger partial charge in [-0.2, -0.15) is 5.10 Å². The third-order valence-electron chi connectivity index (χ3n) is 4.60. The monoisotopic (exact) mass is 406 g/mol. The molecule has 1 aliphatic rings. The lowest BCUT2D eigenvalue weighted by Crippen LogP contribution is -2.18. The van der Waals surface area contributed by atoms with Crippen LogP contribution in [0.5, 0.6) is 5.75 Å². The van der Waals surface area contributed by atoms with Crippen molar-refractivity contribution in [2.45, 2.75) is 12.5 Å². The summed E-state index contributed by atoms with van der Waals surface area (Å²) in [5.41, 5.74) is 4.42. The van der Waals surface area contributed by atoms with E-state index in [1.165, 1.54) is 5.56 Å². The smallest absolute Gasteiger partial charge is 0.127 e. The lowest BCUT2D eigenvalue weighted by molar-refractivity contribution is 0.414. The van der Waals surface area contributed by atoms with Gasteiger partial charge in [-0.05, 0) is 42.0 Å². The molecule has 1 unspecified atom stereocenters. The Morgan fingerprint density at radius 2 is 1.62 bits per heavy atom. The summed E-state index contributed by atoms with van der Waals surface area (Å²) in [6.07, 6.45) is 0.830. The number of anilines is 1. The molecule has 1 atom stereocenters. The molecule has 1 aliphatic heterocycles. The Kier molecular flexibility index (Phi) is 4.76. The van der Waals surface area contributed by atoms with Crippen LogP contribution in [0.1, 0.15) is 23.6 Å². The highest BCUT2D eigenvalue weighted by atomic mass is 79.9. The van der Waals surface area contributed by atoms with E-state index in [-0.39, 0.29) is 6.04 Å². The van der Waals surface area contributed by atoms with Crippen LogP contribution in [-0.4, -0.2) is 12.8 Å². The Morgan fingerprint density at radius 1 is 0.923 bits per heavy atom. The van der Waals surface area contributed by atoms with Gasteiger partial charge in [-0.3, -0.25) is 5.01 Å². The molecule has 3 nitrogen and oxygen atoms in total. The highest BCUT2D eigenvalue weighted by Gasteiger charge is 2.30. The van der Waals surface area contributed by atoms with Crippen molar-refractivity contribution in [1.82, 2.24) is 0 Å². The van der Waals surface area contributed by atoms with Crippen LogP contribution in [-0.2, 0) is 0 Å². The van der Waals surface area contributed by atoms with Gasteiger partial charge >= 0.3 is 0 Å². The summed E-state index contributed by atoms with van der Waals surface area (Å²) in [6.45, 7) is 0. The molecule has 0 amide bonds. The average Bonchev–Trinajstić information content (AvgIpc) is 3.14. The SMILES string of the molecule is COc1ccccc1C1=NN(c2ccccc2)C(c2ccc(Br)cc2)C1. The zero-order chi connectivity index (χ0) is 17.9. The van der Waals surface area contributed by atoms with Crippen LogP contribution in [0.25, 0.3) is 0 Å². The minimum atomic E-state index is 0.158. The van der Waals surface area contributed by atoms with E-state index in [4.69, 9.17) is 9.84 Å². The number of rotatable bonds is 4. The number of benzene rings is 3. The molecule has 0 N–H and O–H groups in total. The molecule has 26 heavy (non-hydrogen) atoms. The molecular weight excluding hydrogens is 388 g/mol. The van der Waals surface area contributed by atoms with Gasteiger partial charge in [0.15, 0.2) is 0 Å². The zero-order valence-corrected chi connectivity index (χ0v) is 16.1. The second-order valence-electron chi connectivity index (χ2n) is 6.20. The molecule has 0 spiro atoms. The van der Waals surface area contributed by atoms with E-state index in [9.17, 15) is 0 Å². The van der Waals surface area contributed by atoms with E-state index in [1.807, 2.05) is 36.4 Å². The van der Waals surface area contributed by atoms with Crippen LogP contribution in [0.4, 0.5) is 5.69 Å². The summed E-state index contributed by atoms with van der Waals surface area (Å²) < 4.78 is 6.63. The highest BCUT2D eigenvalue weighted by molar-refractivity contribution is 9.10. The number of halogens is 1. The number of methoxy groups -OCH3 is 1. The number of nitrogens with zero attached hydrogens (tertiary/aromatic N) is 2. The van der Waals surface area contributed by atoms with Gasteiger partial charge in [-0.25, -0.2) is 0 Å². The van der Waals surface area contributed by atoms with Crippen molar-refractivity contribution >= 4 is 27.3 Å². The average molecular weight is 407 g/mol. The van der Waals surface area contributed by atoms with Gasteiger partial charge in [0.2, 0.25) is 0 Å². The van der Waals surface area contributed by atoms with Crippen molar-refractivity contribution in [1.29, 1.82) is 0 Å². The highest BCUT2D eigenvalue weighted by Crippen LogP contribution is 2.38. The lowest BCUT2D eigenvalue weighted by atomic mass is 9.98. The molecule has 0 radical (unpaired) electrons. The van der Waals surface area contributed by atoms with Gasteiger partial charge in [-0.1, -0.05) is 58.4 Å². The van der Waals surface area contributed by atoms with Gasteiger partial charge in [0, 0.05) is 16.5 Å². The van der Waals surface area contributed by atoms with E-state index in [2.05, 4.69) is 63.4 Å². The molecule has 0 aliphatic carbocycles. The molecular formula is C22H19BrN2O. The first-order valence-electron chi connectivity index (χ1n) is 8.57. The third-order valence-corrected chi connectivity index (χ3v) is 5.13. The number of hydrogen-bond donors (Lipinski definition) is 0. The van der Waals surface area contributed by atoms with E-state index >= 15 is 0 Å². The number of hydrazone groups is 1. The fourth-order valence-electron chi connectivity index (χ4n) is 3.32. The largest absolute Gasteiger partial charge is 0.496 e. The molecule has 0 saturated carbocycles. The summed E-state index contributed by atoms with van der Waals surface area (Å²) in [5, 5.41) is 7.09. The second kappa shape index (κ2) is 7.34. The van der Waals surface area contributed by atoms with Crippen LogP contribution in [0.3, 0.4) is 0 Å². The summed E-state index contributed by atoms with van der Waals surface area (Å²) in [7, 11) is 1.70. The third kappa shape index (κ3) is 3.25. The summed E-state index contributed by atoms with van der Waals surface area (Å²) in [5.74, 6) is 0.857. The van der Waals surface area contributed by atoms with Crippen molar-refractivity contribution < 1.29 is 4.74 Å². The van der Waals surface area contributed by atoms with Crippen molar-refractivity contribution in [2.75, 3.05) is 12.1 Å². The minimum absolute atomic E-state index is 0.158. The molecule has 130 valence electrons. The topological polar surface area (TPSA) is 24.8 Å². The summed E-state index contributed by atoms with van der Waals surface area (Å²) in [6, 6.07) is 27.0. The van der Waals surface area contributed by atoms with Gasteiger partial charge in [-0.15, -0.1) is 0 Å². The van der Waals surface area contributed by atoms with Crippen LogP contribution in [0.2, 0.25) is 0 Å². The van der Waals surface area contributed by atoms with Crippen LogP contribution < -0.4 is 9.75 Å². The van der Waals surface area contributed by atoms with E-state index in [0.29, 0.717) is 0 Å². The Hall–Kier alpha value is -2.59. The van der Waals surface area contributed by atoms with E-state index < -0.39 is 0 Å². The van der Waals surface area contributed by atoms with Gasteiger partial charge < -0.3 is 4.74 Å². The molecule has 0 bridgehead atoms. The van der Waals surface area contributed by atoms with E-state index in [1.54, 1.807) is 7.11 Å². The normalized spacial score (nSPS) is 16.5. The lowest BCUT2D eigenvalue weighted by Gasteiger charge is -2.24. The van der Waals surface area contributed by atoms with Gasteiger partial charge in [0.25, 0.3) is 0 Å². The number of hydrogen-bond acceptors (Lipinski definition) is 3. The molecule has 4 rings (SSSR count). The minimum Gasteiger partial charge on any atom is -0.496 e. The van der Waals surface area contributed by atoms with Crippen molar-refractivity contribution in [3.63, 3.8) is 0 Å². The molecule has 0 saturated heterocycles. The maximum absolute atomic E-state index is 5.55. The maximum atomic E-state index is 5.55. The Labute approximate surface area is 162 Å². The Morgan fingerprint density at radius 3 is 2.35 bits per heavy atom. The van der Waals surface area contributed by atoms with Crippen LogP contribution in [0, 0.1) is 0 Å². The number of para-hydroxylation sites is 2. The first kappa shape index (κ1) is 16.9. The maximum Gasteiger partial charge on any atom is 0.127 e. The molecule has 0 aromatic heterocycles. The predicted octanol–water partition coefficient (Wildman–Crippen LogP) is 5.81. The molecule has 0 fully saturated rings. The quantitative estimate of drug-likeness (QED) is 0.545.